The molecule has 1 aliphatic heterocycles. The van der Waals surface area contributed by atoms with Crippen molar-refractivity contribution in [2.75, 3.05) is 32.9 Å². The highest BCUT2D eigenvalue weighted by Crippen LogP contribution is 2.43. The molecule has 1 aromatic carbocycles. The molecule has 2 amide bonds. The average Bonchev–Trinajstić information content (AvgIpc) is 3.35. The molecule has 0 radical (unpaired) electrons. The summed E-state index contributed by atoms with van der Waals surface area (Å²) < 4.78 is 52.5. The number of amides is 2. The monoisotopic (exact) mass is 760 g/mol. The van der Waals surface area contributed by atoms with Gasteiger partial charge in [0, 0.05) is 22.4 Å². The molecule has 3 rings (SSSR count). The van der Waals surface area contributed by atoms with Gasteiger partial charge in [0.25, 0.3) is 0 Å². The fraction of sp³-hybridized carbons (Fsp3) is 0.618. The zero-order chi connectivity index (χ0) is 38.0. The number of hydrogen-bond acceptors (Lipinski definition) is 13. The summed E-state index contributed by atoms with van der Waals surface area (Å²) in [5, 5.41) is 4.52. The molecule has 17 heteroatoms. The highest BCUT2D eigenvalue weighted by molar-refractivity contribution is 7.99. The maximum absolute atomic E-state index is 13.6. The number of nitrogens with one attached hydrogen (secondary N) is 2. The molecule has 1 unspecified atom stereocenters. The fourth-order valence-corrected chi connectivity index (χ4v) is 6.40. The van der Waals surface area contributed by atoms with Crippen molar-refractivity contribution in [3.05, 3.63) is 46.3 Å². The third-order valence-corrected chi connectivity index (χ3v) is 8.65. The second kappa shape index (κ2) is 18.2. The van der Waals surface area contributed by atoms with Gasteiger partial charge in [-0.1, -0.05) is 17.7 Å². The van der Waals surface area contributed by atoms with E-state index in [4.69, 9.17) is 44.8 Å². The minimum absolute atomic E-state index is 0.109. The smallest absolute Gasteiger partial charge is 0.408 e. The van der Waals surface area contributed by atoms with Crippen molar-refractivity contribution in [2.45, 2.75) is 102 Å². The van der Waals surface area contributed by atoms with Gasteiger partial charge in [0.15, 0.2) is 5.79 Å². The van der Waals surface area contributed by atoms with Crippen molar-refractivity contribution < 1.29 is 61.5 Å². The number of hydrogen-bond donors (Lipinski definition) is 2. The normalized spacial score (nSPS) is 19.8. The van der Waals surface area contributed by atoms with E-state index in [1.54, 1.807) is 54.5 Å². The molecule has 1 spiro atoms. The number of alkyl carbamates (subject to hydrolysis) is 2. The maximum atomic E-state index is 13.6. The zero-order valence-corrected chi connectivity index (χ0v) is 31.3. The highest BCUT2D eigenvalue weighted by atomic mass is 35.5. The summed E-state index contributed by atoms with van der Waals surface area (Å²) >= 11 is 7.64. The van der Waals surface area contributed by atoms with Gasteiger partial charge in [0.1, 0.15) is 55.5 Å². The van der Waals surface area contributed by atoms with Crippen LogP contribution in [0.2, 0.25) is 5.02 Å². The van der Waals surface area contributed by atoms with E-state index in [0.29, 0.717) is 17.7 Å². The molecular formula is C34H46ClFN2O12S. The molecule has 14 nitrogen and oxygen atoms in total. The van der Waals surface area contributed by atoms with E-state index >= 15 is 0 Å². The molecule has 0 saturated carbocycles. The lowest BCUT2D eigenvalue weighted by Crippen LogP contribution is -2.39. The van der Waals surface area contributed by atoms with Crippen LogP contribution >= 0.6 is 23.4 Å². The average molecular weight is 761 g/mol. The van der Waals surface area contributed by atoms with Gasteiger partial charge in [-0.2, -0.15) is 0 Å². The number of halogens is 2. The Bertz CT molecular complexity index is 1410. The minimum atomic E-state index is -1.48. The Morgan fingerprint density at radius 2 is 1.43 bits per heavy atom. The fourth-order valence-electron chi connectivity index (χ4n) is 4.83. The van der Waals surface area contributed by atoms with E-state index in [9.17, 15) is 28.4 Å². The maximum Gasteiger partial charge on any atom is 0.408 e. The largest absolute Gasteiger partial charge is 0.463 e. The van der Waals surface area contributed by atoms with E-state index in [1.165, 1.54) is 30.0 Å². The van der Waals surface area contributed by atoms with Gasteiger partial charge >= 0.3 is 30.1 Å². The number of rotatable bonds is 13. The first-order chi connectivity index (χ1) is 23.8. The van der Waals surface area contributed by atoms with Crippen LogP contribution in [0, 0.1) is 5.82 Å². The van der Waals surface area contributed by atoms with Gasteiger partial charge in [-0.15, -0.1) is 11.8 Å². The summed E-state index contributed by atoms with van der Waals surface area (Å²) in [4.78, 5) is 62.1. The molecule has 1 aliphatic carbocycles. The minimum Gasteiger partial charge on any atom is -0.463 e. The highest BCUT2D eigenvalue weighted by Gasteiger charge is 2.50. The summed E-state index contributed by atoms with van der Waals surface area (Å²) in [5.74, 6) is -3.76. The number of carbonyl (C=O) groups excluding carboxylic acids is 5. The molecule has 1 fully saturated rings. The van der Waals surface area contributed by atoms with Crippen LogP contribution in [0.3, 0.4) is 0 Å². The first-order valence-corrected chi connectivity index (χ1v) is 17.8. The molecule has 2 N–H and O–H groups in total. The van der Waals surface area contributed by atoms with E-state index < -0.39 is 78.2 Å². The van der Waals surface area contributed by atoms with Crippen LogP contribution in [0.4, 0.5) is 14.0 Å². The van der Waals surface area contributed by atoms with E-state index in [1.807, 2.05) is 0 Å². The molecule has 2 aliphatic rings. The number of esters is 3. The Morgan fingerprint density at radius 1 is 0.902 bits per heavy atom. The van der Waals surface area contributed by atoms with E-state index in [2.05, 4.69) is 10.6 Å². The Morgan fingerprint density at radius 3 is 1.90 bits per heavy atom. The van der Waals surface area contributed by atoms with Gasteiger partial charge < -0.3 is 43.8 Å². The van der Waals surface area contributed by atoms with Crippen LogP contribution in [0.1, 0.15) is 66.9 Å². The molecule has 51 heavy (non-hydrogen) atoms. The second-order valence-electron chi connectivity index (χ2n) is 13.6. The second-order valence-corrected chi connectivity index (χ2v) is 15.2. The Labute approximate surface area is 305 Å². The number of thioether (sulfide) groups is 1. The molecule has 1 saturated heterocycles. The summed E-state index contributed by atoms with van der Waals surface area (Å²) in [6, 6.07) is 4.10. The summed E-state index contributed by atoms with van der Waals surface area (Å²) in [6.07, 6.45) is -1.43. The molecule has 1 aromatic rings. The topological polar surface area (TPSA) is 174 Å². The van der Waals surface area contributed by atoms with Crippen molar-refractivity contribution in [3.63, 3.8) is 0 Å². The predicted molar refractivity (Wildman–Crippen MR) is 183 cm³/mol. The van der Waals surface area contributed by atoms with Crippen LogP contribution in [-0.2, 0) is 53.3 Å². The number of carbonyl (C=O) groups is 5. The lowest BCUT2D eigenvalue weighted by Gasteiger charge is -2.33. The van der Waals surface area contributed by atoms with Crippen LogP contribution in [0.15, 0.2) is 29.8 Å². The predicted octanol–water partition coefficient (Wildman–Crippen LogP) is 4.98. The van der Waals surface area contributed by atoms with Crippen LogP contribution in [0.25, 0.3) is 0 Å². The molecule has 0 bridgehead atoms. The Balaban J connectivity index is 1.75. The Kier molecular flexibility index (Phi) is 15.0. The molecule has 0 aromatic heterocycles. The van der Waals surface area contributed by atoms with Gasteiger partial charge in [-0.3, -0.25) is 9.59 Å². The molecular weight excluding hydrogens is 715 g/mol. The molecule has 1 heterocycles. The van der Waals surface area contributed by atoms with Crippen molar-refractivity contribution in [1.82, 2.24) is 10.6 Å². The molecule has 284 valence electrons. The summed E-state index contributed by atoms with van der Waals surface area (Å²) in [7, 11) is 0. The summed E-state index contributed by atoms with van der Waals surface area (Å²) in [5.41, 5.74) is -0.591. The SMILES string of the molecule is CCOC(=O)C1=CC2(CCC1SCc1ccc(F)cc1Cl)O[C@H](COC(=O)CNC(=O)OC(C)(C)C)[C@@H](COC(=O)CNC(=O)OC(C)(C)C)O2. The summed E-state index contributed by atoms with van der Waals surface area (Å²) in [6.45, 7) is 10.1. The lowest BCUT2D eigenvalue weighted by molar-refractivity contribution is -0.163. The van der Waals surface area contributed by atoms with Gasteiger partial charge in [-0.25, -0.2) is 18.8 Å². The van der Waals surface area contributed by atoms with Crippen molar-refractivity contribution in [3.8, 4) is 0 Å². The third-order valence-electron chi connectivity index (χ3n) is 6.93. The quantitative estimate of drug-likeness (QED) is 0.204. The Hall–Kier alpha value is -3.60. The molecule has 3 atom stereocenters. The van der Waals surface area contributed by atoms with Gasteiger partial charge in [0.05, 0.1) is 12.2 Å². The van der Waals surface area contributed by atoms with Crippen LogP contribution in [0.5, 0.6) is 0 Å². The van der Waals surface area contributed by atoms with Crippen molar-refractivity contribution >= 4 is 53.5 Å². The first-order valence-electron chi connectivity index (χ1n) is 16.3. The number of benzene rings is 1. The zero-order valence-electron chi connectivity index (χ0n) is 29.8. The van der Waals surface area contributed by atoms with Crippen molar-refractivity contribution in [1.29, 1.82) is 0 Å². The number of ether oxygens (including phenoxy) is 7. The van der Waals surface area contributed by atoms with E-state index in [0.717, 1.165) is 0 Å². The van der Waals surface area contributed by atoms with Crippen LogP contribution in [-0.4, -0.2) is 97.5 Å². The third kappa shape index (κ3) is 14.2. The van der Waals surface area contributed by atoms with Gasteiger partial charge in [-0.05, 0) is 78.7 Å². The lowest BCUT2D eigenvalue weighted by atomic mass is 9.94. The van der Waals surface area contributed by atoms with Gasteiger partial charge in [0.2, 0.25) is 0 Å². The van der Waals surface area contributed by atoms with E-state index in [-0.39, 0.29) is 42.1 Å². The standard InChI is InChI=1S/C34H46ClFN2O12S/c1-8-44-29(41)22-14-34(12-11-26(22)51-19-20-9-10-21(36)13-23(20)35)47-24(17-45-27(39)15-37-30(42)49-32(2,3)4)25(48-34)18-46-28(40)16-38-31(43)50-33(5,6)7/h9-10,13-14,24-26H,8,11-12,15-19H2,1-7H3,(H,37,42)(H,38,43)/t24-,25-,26?/m1/s1. The van der Waals surface area contributed by atoms with Crippen molar-refractivity contribution in [2.24, 2.45) is 0 Å². The first kappa shape index (κ1) is 41.8. The van der Waals surface area contributed by atoms with Crippen LogP contribution < -0.4 is 10.6 Å².